The van der Waals surface area contributed by atoms with E-state index in [1.165, 1.54) is 24.9 Å². The Hall–Kier alpha value is -1.69. The molecule has 0 radical (unpaired) electrons. The monoisotopic (exact) mass is 369 g/mol. The second-order valence-corrected chi connectivity index (χ2v) is 6.36. The lowest BCUT2D eigenvalue weighted by Gasteiger charge is -2.08. The van der Waals surface area contributed by atoms with E-state index in [9.17, 15) is 9.59 Å². The van der Waals surface area contributed by atoms with Gasteiger partial charge in [0.15, 0.2) is 0 Å². The van der Waals surface area contributed by atoms with Gasteiger partial charge in [-0.05, 0) is 42.5 Å². The highest BCUT2D eigenvalue weighted by Crippen LogP contribution is 2.23. The fourth-order valence-electron chi connectivity index (χ4n) is 1.71. The minimum atomic E-state index is -0.318. The third-order valence-corrected chi connectivity index (χ3v) is 4.41. The number of anilines is 1. The van der Waals surface area contributed by atoms with E-state index >= 15 is 0 Å². The number of hydrogen-bond acceptors (Lipinski definition) is 4. The average molecular weight is 370 g/mol. The van der Waals surface area contributed by atoms with Gasteiger partial charge < -0.3 is 10.1 Å². The van der Waals surface area contributed by atoms with Crippen molar-refractivity contribution in [2.24, 2.45) is 0 Å². The van der Waals surface area contributed by atoms with Crippen LogP contribution in [0.15, 0.2) is 47.4 Å². The molecule has 4 nitrogen and oxygen atoms in total. The highest BCUT2D eigenvalue weighted by atomic mass is 35.5. The topological polar surface area (TPSA) is 55.4 Å². The van der Waals surface area contributed by atoms with Crippen molar-refractivity contribution in [2.75, 3.05) is 18.2 Å². The Bertz CT molecular complexity index is 720. The summed E-state index contributed by atoms with van der Waals surface area (Å²) in [6.45, 7) is 0. The predicted octanol–water partition coefficient (Wildman–Crippen LogP) is 4.51. The lowest BCUT2D eigenvalue weighted by Crippen LogP contribution is -2.12. The molecule has 7 heteroatoms. The number of nitrogens with one attached hydrogen (secondary N) is 1. The minimum Gasteiger partial charge on any atom is -0.468 e. The SMILES string of the molecule is COC(=O)CSc1ccc(NC(=O)c2ccc(Cl)cc2Cl)cc1. The number of benzene rings is 2. The quantitative estimate of drug-likeness (QED) is 0.622. The molecule has 1 amide bonds. The molecule has 0 aromatic heterocycles. The summed E-state index contributed by atoms with van der Waals surface area (Å²) in [5, 5.41) is 3.52. The van der Waals surface area contributed by atoms with Crippen LogP contribution >= 0.6 is 35.0 Å². The predicted molar refractivity (Wildman–Crippen MR) is 93.6 cm³/mol. The molecule has 0 aliphatic rings. The smallest absolute Gasteiger partial charge is 0.315 e. The zero-order chi connectivity index (χ0) is 16.8. The fourth-order valence-corrected chi connectivity index (χ4v) is 2.93. The number of esters is 1. The van der Waals surface area contributed by atoms with E-state index in [1.807, 2.05) is 12.1 Å². The summed E-state index contributed by atoms with van der Waals surface area (Å²) >= 11 is 13.2. The van der Waals surface area contributed by atoms with Gasteiger partial charge in [0.1, 0.15) is 0 Å². The number of ether oxygens (including phenoxy) is 1. The molecular weight excluding hydrogens is 357 g/mol. The van der Waals surface area contributed by atoms with Gasteiger partial charge in [-0.1, -0.05) is 23.2 Å². The molecule has 2 rings (SSSR count). The van der Waals surface area contributed by atoms with Crippen molar-refractivity contribution in [3.63, 3.8) is 0 Å². The molecule has 0 heterocycles. The maximum atomic E-state index is 12.2. The van der Waals surface area contributed by atoms with Gasteiger partial charge >= 0.3 is 5.97 Å². The van der Waals surface area contributed by atoms with Crippen molar-refractivity contribution >= 4 is 52.5 Å². The Morgan fingerprint density at radius 3 is 2.43 bits per heavy atom. The first-order valence-corrected chi connectivity index (χ1v) is 8.30. The summed E-state index contributed by atoms with van der Waals surface area (Å²) in [6.07, 6.45) is 0. The average Bonchev–Trinajstić information content (AvgIpc) is 2.53. The van der Waals surface area contributed by atoms with Crippen LogP contribution in [0.4, 0.5) is 5.69 Å². The summed E-state index contributed by atoms with van der Waals surface area (Å²) in [5.74, 6) is -0.367. The van der Waals surface area contributed by atoms with E-state index in [4.69, 9.17) is 23.2 Å². The number of rotatable bonds is 5. The van der Waals surface area contributed by atoms with Gasteiger partial charge in [-0.3, -0.25) is 9.59 Å². The molecule has 0 saturated carbocycles. The first kappa shape index (κ1) is 17.7. The molecule has 2 aromatic carbocycles. The van der Waals surface area contributed by atoms with Gasteiger partial charge in [-0.2, -0.15) is 0 Å². The summed E-state index contributed by atoms with van der Waals surface area (Å²) in [5.41, 5.74) is 0.976. The molecule has 2 aromatic rings. The summed E-state index contributed by atoms with van der Waals surface area (Å²) in [4.78, 5) is 24.2. The molecule has 0 aliphatic heterocycles. The Morgan fingerprint density at radius 1 is 1.13 bits per heavy atom. The molecule has 1 N–H and O–H groups in total. The van der Waals surface area contributed by atoms with Gasteiger partial charge in [-0.25, -0.2) is 0 Å². The van der Waals surface area contributed by atoms with E-state index in [0.717, 1.165) is 4.90 Å². The summed E-state index contributed by atoms with van der Waals surface area (Å²) in [6, 6.07) is 11.8. The molecule has 0 aliphatic carbocycles. The van der Waals surface area contributed by atoms with Crippen molar-refractivity contribution in [1.29, 1.82) is 0 Å². The zero-order valence-electron chi connectivity index (χ0n) is 12.1. The van der Waals surface area contributed by atoms with E-state index in [-0.39, 0.29) is 17.6 Å². The van der Waals surface area contributed by atoms with Gasteiger partial charge in [0.05, 0.1) is 23.4 Å². The lowest BCUT2D eigenvalue weighted by atomic mass is 10.2. The van der Waals surface area contributed by atoms with E-state index in [0.29, 0.717) is 21.3 Å². The van der Waals surface area contributed by atoms with Gasteiger partial charge in [-0.15, -0.1) is 11.8 Å². The lowest BCUT2D eigenvalue weighted by molar-refractivity contribution is -0.137. The number of halogens is 2. The molecule has 0 spiro atoms. The second kappa shape index (κ2) is 8.24. The van der Waals surface area contributed by atoms with E-state index in [2.05, 4.69) is 10.1 Å². The van der Waals surface area contributed by atoms with Crippen LogP contribution in [0.5, 0.6) is 0 Å². The van der Waals surface area contributed by atoms with Crippen LogP contribution in [0.1, 0.15) is 10.4 Å². The largest absolute Gasteiger partial charge is 0.468 e. The Morgan fingerprint density at radius 2 is 1.83 bits per heavy atom. The van der Waals surface area contributed by atoms with Crippen LogP contribution in [-0.2, 0) is 9.53 Å². The summed E-state index contributed by atoms with van der Waals surface area (Å²) < 4.78 is 4.58. The summed E-state index contributed by atoms with van der Waals surface area (Å²) in [7, 11) is 1.35. The highest BCUT2D eigenvalue weighted by molar-refractivity contribution is 8.00. The van der Waals surface area contributed by atoms with Crippen molar-refractivity contribution in [3.8, 4) is 0 Å². The normalized spacial score (nSPS) is 10.2. The second-order valence-electron chi connectivity index (χ2n) is 4.47. The van der Waals surface area contributed by atoms with Crippen LogP contribution in [0, 0.1) is 0 Å². The van der Waals surface area contributed by atoms with Crippen LogP contribution < -0.4 is 5.32 Å². The van der Waals surface area contributed by atoms with Crippen LogP contribution in [0.3, 0.4) is 0 Å². The first-order chi connectivity index (χ1) is 11.0. The number of carbonyl (C=O) groups is 2. The Balaban J connectivity index is 2.00. The van der Waals surface area contributed by atoms with Crippen LogP contribution in [0.25, 0.3) is 0 Å². The van der Waals surface area contributed by atoms with Crippen molar-refractivity contribution < 1.29 is 14.3 Å². The maximum absolute atomic E-state index is 12.2. The van der Waals surface area contributed by atoms with E-state index < -0.39 is 0 Å². The first-order valence-electron chi connectivity index (χ1n) is 6.55. The number of thioether (sulfide) groups is 1. The maximum Gasteiger partial charge on any atom is 0.315 e. The van der Waals surface area contributed by atoms with Gasteiger partial charge in [0, 0.05) is 15.6 Å². The van der Waals surface area contributed by atoms with Crippen LogP contribution in [-0.4, -0.2) is 24.7 Å². The highest BCUT2D eigenvalue weighted by Gasteiger charge is 2.11. The van der Waals surface area contributed by atoms with Crippen molar-refractivity contribution in [3.05, 3.63) is 58.1 Å². The van der Waals surface area contributed by atoms with Crippen molar-refractivity contribution in [1.82, 2.24) is 0 Å². The molecule has 0 unspecified atom stereocenters. The number of amides is 1. The van der Waals surface area contributed by atoms with Gasteiger partial charge in [0.2, 0.25) is 0 Å². The molecular formula is C16H13Cl2NO3S. The zero-order valence-corrected chi connectivity index (χ0v) is 14.5. The van der Waals surface area contributed by atoms with Crippen LogP contribution in [0.2, 0.25) is 10.0 Å². The molecule has 23 heavy (non-hydrogen) atoms. The third-order valence-electron chi connectivity index (χ3n) is 2.87. The number of carbonyl (C=O) groups excluding carboxylic acids is 2. The molecule has 120 valence electrons. The van der Waals surface area contributed by atoms with Crippen molar-refractivity contribution in [2.45, 2.75) is 4.90 Å². The molecule has 0 fully saturated rings. The minimum absolute atomic E-state index is 0.239. The Labute approximate surface area is 148 Å². The molecule has 0 saturated heterocycles. The number of hydrogen-bond donors (Lipinski definition) is 1. The number of methoxy groups -OCH3 is 1. The van der Waals surface area contributed by atoms with Gasteiger partial charge in [0.25, 0.3) is 5.91 Å². The Kier molecular flexibility index (Phi) is 6.33. The van der Waals surface area contributed by atoms with E-state index in [1.54, 1.807) is 24.3 Å². The fraction of sp³-hybridized carbons (Fsp3) is 0.125. The molecule has 0 atom stereocenters. The third kappa shape index (κ3) is 5.16. The molecule has 0 bridgehead atoms. The standard InChI is InChI=1S/C16H13Cl2NO3S/c1-22-15(20)9-23-12-5-3-11(4-6-12)19-16(21)13-7-2-10(17)8-14(13)18/h2-8H,9H2,1H3,(H,19,21).